The van der Waals surface area contributed by atoms with Crippen molar-refractivity contribution in [3.8, 4) is 5.75 Å². The maximum absolute atomic E-state index is 12.5. The first-order chi connectivity index (χ1) is 14.4. The summed E-state index contributed by atoms with van der Waals surface area (Å²) >= 11 is 5.90. The molecular weight excluding hydrogens is 404 g/mol. The van der Waals surface area contributed by atoms with Gasteiger partial charge in [-0.1, -0.05) is 23.7 Å². The number of nitrogens with one attached hydrogen (secondary N) is 1. The number of amides is 1. The summed E-state index contributed by atoms with van der Waals surface area (Å²) < 4.78 is 12.1. The third-order valence-electron chi connectivity index (χ3n) is 5.82. The molecule has 2 aromatic carbocycles. The van der Waals surface area contributed by atoms with E-state index in [1.165, 1.54) is 0 Å². The van der Waals surface area contributed by atoms with E-state index in [0.717, 1.165) is 22.6 Å². The number of aliphatic hydroxyl groups is 1. The molecule has 1 fully saturated rings. The Morgan fingerprint density at radius 3 is 2.70 bits per heavy atom. The normalized spacial score (nSPS) is 24.5. The first kappa shape index (κ1) is 21.0. The van der Waals surface area contributed by atoms with Crippen molar-refractivity contribution in [2.75, 3.05) is 25.6 Å². The van der Waals surface area contributed by atoms with E-state index in [4.69, 9.17) is 21.1 Å². The topological polar surface area (TPSA) is 71.0 Å². The second-order valence-corrected chi connectivity index (χ2v) is 8.56. The van der Waals surface area contributed by atoms with E-state index >= 15 is 0 Å². The van der Waals surface area contributed by atoms with Gasteiger partial charge in [-0.05, 0) is 42.3 Å². The number of ether oxygens (including phenoxy) is 2. The zero-order chi connectivity index (χ0) is 21.3. The molecule has 0 aromatic heterocycles. The van der Waals surface area contributed by atoms with Crippen LogP contribution >= 0.6 is 11.6 Å². The molecule has 1 amide bonds. The molecule has 30 heavy (non-hydrogen) atoms. The van der Waals surface area contributed by atoms with Crippen molar-refractivity contribution in [1.29, 1.82) is 0 Å². The molecule has 2 aliphatic heterocycles. The molecule has 0 aliphatic carbocycles. The van der Waals surface area contributed by atoms with Gasteiger partial charge < -0.3 is 24.8 Å². The fourth-order valence-corrected chi connectivity index (χ4v) is 4.36. The fraction of sp³-hybridized carbons (Fsp3) is 0.435. The summed E-state index contributed by atoms with van der Waals surface area (Å²) in [4.78, 5) is 14.6. The Bertz CT molecular complexity index is 903. The number of halogens is 1. The lowest BCUT2D eigenvalue weighted by Crippen LogP contribution is -2.47. The molecule has 0 bridgehead atoms. The van der Waals surface area contributed by atoms with Gasteiger partial charge in [0.1, 0.15) is 18.0 Å². The van der Waals surface area contributed by atoms with Crippen molar-refractivity contribution in [1.82, 2.24) is 5.32 Å². The molecule has 2 heterocycles. The summed E-state index contributed by atoms with van der Waals surface area (Å²) in [5.74, 6) is 0.858. The molecule has 0 unspecified atom stereocenters. The first-order valence-corrected chi connectivity index (χ1v) is 10.6. The minimum absolute atomic E-state index is 0.0775. The summed E-state index contributed by atoms with van der Waals surface area (Å²) in [5, 5.41) is 13.5. The Morgan fingerprint density at radius 2 is 2.00 bits per heavy atom. The van der Waals surface area contributed by atoms with Crippen molar-refractivity contribution < 1.29 is 19.4 Å². The minimum Gasteiger partial charge on any atom is -0.487 e. The van der Waals surface area contributed by atoms with E-state index in [1.54, 1.807) is 12.1 Å². The van der Waals surface area contributed by atoms with Crippen LogP contribution in [0.3, 0.4) is 0 Å². The summed E-state index contributed by atoms with van der Waals surface area (Å²) in [6, 6.07) is 13.5. The Labute approximate surface area is 181 Å². The number of benzene rings is 2. The standard InChI is InChI=1S/C23H27ClN2O4/c1-26(2)16-7-8-20-18(9-16)19-10-17(29-21(13-27)23(19)30-20)11-22(28)25-12-14-3-5-15(24)6-4-14/h3-9,17,19,21,23,27H,10-13H2,1-2H3,(H,25,28)/t17-,19+,21-,23-/m1/s1. The van der Waals surface area contributed by atoms with E-state index in [1.807, 2.05) is 38.4 Å². The van der Waals surface area contributed by atoms with Crippen LogP contribution in [0.5, 0.6) is 5.75 Å². The summed E-state index contributed by atoms with van der Waals surface area (Å²) in [7, 11) is 4.01. The van der Waals surface area contributed by atoms with Crippen molar-refractivity contribution in [3.63, 3.8) is 0 Å². The highest BCUT2D eigenvalue weighted by atomic mass is 35.5. The van der Waals surface area contributed by atoms with Crippen molar-refractivity contribution in [2.24, 2.45) is 0 Å². The van der Waals surface area contributed by atoms with Crippen molar-refractivity contribution in [2.45, 2.75) is 43.6 Å². The molecule has 0 spiro atoms. The predicted molar refractivity (Wildman–Crippen MR) is 116 cm³/mol. The Kier molecular flexibility index (Phi) is 6.18. The van der Waals surface area contributed by atoms with Gasteiger partial charge >= 0.3 is 0 Å². The first-order valence-electron chi connectivity index (χ1n) is 10.2. The third kappa shape index (κ3) is 4.41. The van der Waals surface area contributed by atoms with E-state index in [9.17, 15) is 9.90 Å². The highest BCUT2D eigenvalue weighted by molar-refractivity contribution is 6.30. The molecule has 2 aliphatic rings. The largest absolute Gasteiger partial charge is 0.487 e. The van der Waals surface area contributed by atoms with Gasteiger partial charge in [-0.3, -0.25) is 4.79 Å². The average molecular weight is 431 g/mol. The van der Waals surface area contributed by atoms with Gasteiger partial charge in [-0.2, -0.15) is 0 Å². The van der Waals surface area contributed by atoms with Crippen LogP contribution < -0.4 is 15.0 Å². The van der Waals surface area contributed by atoms with E-state index in [2.05, 4.69) is 16.3 Å². The number of fused-ring (bicyclic) bond motifs is 3. The minimum atomic E-state index is -0.451. The van der Waals surface area contributed by atoms with Gasteiger partial charge in [-0.15, -0.1) is 0 Å². The molecule has 0 radical (unpaired) electrons. The van der Waals surface area contributed by atoms with Crippen LogP contribution in [0.15, 0.2) is 42.5 Å². The number of rotatable bonds is 6. The number of hydrogen-bond acceptors (Lipinski definition) is 5. The third-order valence-corrected chi connectivity index (χ3v) is 6.07. The van der Waals surface area contributed by atoms with Gasteiger partial charge in [-0.25, -0.2) is 0 Å². The summed E-state index contributed by atoms with van der Waals surface area (Å²) in [6.07, 6.45) is -0.0231. The van der Waals surface area contributed by atoms with Gasteiger partial charge in [0.25, 0.3) is 0 Å². The Morgan fingerprint density at radius 1 is 1.23 bits per heavy atom. The molecule has 160 valence electrons. The van der Waals surface area contributed by atoms with Gasteiger partial charge in [0, 0.05) is 42.8 Å². The van der Waals surface area contributed by atoms with E-state index in [0.29, 0.717) is 18.0 Å². The lowest BCUT2D eigenvalue weighted by molar-refractivity contribution is -0.142. The number of anilines is 1. The van der Waals surface area contributed by atoms with Gasteiger partial charge in [0.15, 0.2) is 0 Å². The van der Waals surface area contributed by atoms with E-state index < -0.39 is 6.10 Å². The second kappa shape index (κ2) is 8.84. The maximum atomic E-state index is 12.5. The molecule has 2 N–H and O–H groups in total. The van der Waals surface area contributed by atoms with Crippen molar-refractivity contribution in [3.05, 3.63) is 58.6 Å². The monoisotopic (exact) mass is 430 g/mol. The Balaban J connectivity index is 1.42. The maximum Gasteiger partial charge on any atom is 0.222 e. The highest BCUT2D eigenvalue weighted by Crippen LogP contribution is 2.47. The van der Waals surface area contributed by atoms with Crippen molar-refractivity contribution >= 4 is 23.2 Å². The second-order valence-electron chi connectivity index (χ2n) is 8.13. The fourth-order valence-electron chi connectivity index (χ4n) is 4.24. The van der Waals surface area contributed by atoms with Gasteiger partial charge in [0.2, 0.25) is 5.91 Å². The quantitative estimate of drug-likeness (QED) is 0.736. The molecule has 7 heteroatoms. The Hall–Kier alpha value is -2.28. The average Bonchev–Trinajstić information content (AvgIpc) is 3.10. The number of nitrogens with zero attached hydrogens (tertiary/aromatic N) is 1. The molecular formula is C23H27ClN2O4. The van der Waals surface area contributed by atoms with Crippen LogP contribution in [-0.2, 0) is 16.1 Å². The molecule has 1 saturated heterocycles. The van der Waals surface area contributed by atoms with Crippen LogP contribution in [0.4, 0.5) is 5.69 Å². The van der Waals surface area contributed by atoms with E-state index in [-0.39, 0.29) is 37.1 Å². The number of aliphatic hydroxyl groups excluding tert-OH is 1. The molecule has 6 nitrogen and oxygen atoms in total. The molecule has 4 atom stereocenters. The smallest absolute Gasteiger partial charge is 0.222 e. The van der Waals surface area contributed by atoms with Crippen LogP contribution in [0.2, 0.25) is 5.02 Å². The summed E-state index contributed by atoms with van der Waals surface area (Å²) in [6.45, 7) is 0.301. The number of carbonyl (C=O) groups is 1. The molecule has 2 aromatic rings. The lowest BCUT2D eigenvalue weighted by atomic mass is 9.84. The van der Waals surface area contributed by atoms with Crippen LogP contribution in [0.25, 0.3) is 0 Å². The van der Waals surface area contributed by atoms with Crippen LogP contribution in [0.1, 0.15) is 29.9 Å². The SMILES string of the molecule is CN(C)c1ccc2c(c1)[C@@H]1C[C@H](CC(=O)NCc3ccc(Cl)cc3)O[C@H](CO)[C@@H]1O2. The zero-order valence-electron chi connectivity index (χ0n) is 17.2. The zero-order valence-corrected chi connectivity index (χ0v) is 17.9. The van der Waals surface area contributed by atoms with Crippen LogP contribution in [0, 0.1) is 0 Å². The summed E-state index contributed by atoms with van der Waals surface area (Å²) in [5.41, 5.74) is 3.21. The predicted octanol–water partition coefficient (Wildman–Crippen LogP) is 3.11. The molecule has 4 rings (SSSR count). The lowest BCUT2D eigenvalue weighted by Gasteiger charge is -2.37. The highest BCUT2D eigenvalue weighted by Gasteiger charge is 2.46. The number of hydrogen-bond donors (Lipinski definition) is 2. The van der Waals surface area contributed by atoms with Gasteiger partial charge in [0.05, 0.1) is 19.1 Å². The number of carbonyl (C=O) groups excluding carboxylic acids is 1. The molecule has 0 saturated carbocycles. The van der Waals surface area contributed by atoms with Crippen LogP contribution in [-0.4, -0.2) is 50.0 Å².